The number of rotatable bonds is 6. The van der Waals surface area contributed by atoms with Gasteiger partial charge in [-0.05, 0) is 84.6 Å². The highest BCUT2D eigenvalue weighted by Gasteiger charge is 2.79. The Morgan fingerprint density at radius 1 is 1.04 bits per heavy atom. The van der Waals surface area contributed by atoms with E-state index in [1.807, 2.05) is 30.3 Å². The van der Waals surface area contributed by atoms with Crippen molar-refractivity contribution in [2.75, 3.05) is 0 Å². The maximum absolute atomic E-state index is 15.2. The Morgan fingerprint density at radius 2 is 1.76 bits per heavy atom. The zero-order chi connectivity index (χ0) is 32.2. The van der Waals surface area contributed by atoms with E-state index < -0.39 is 41.4 Å². The molecule has 0 heterocycles. The normalized spacial score (nSPS) is 30.2. The molecule has 2 fully saturated rings. The molecule has 0 aromatic heterocycles. The first-order valence-electron chi connectivity index (χ1n) is 15.2. The smallest absolute Gasteiger partial charge is 0.390 e. The summed E-state index contributed by atoms with van der Waals surface area (Å²) in [4.78, 5) is 17.7. The molecule has 0 spiro atoms. The number of hydrogen-bond donors (Lipinski definition) is 1. The number of alkyl halides is 5. The molecular weight excluding hydrogens is 589 g/mol. The Labute approximate surface area is 259 Å². The topological polar surface area (TPSA) is 58.9 Å². The molecule has 2 saturated carbocycles. The maximum Gasteiger partial charge on any atom is 0.456 e. The van der Waals surface area contributed by atoms with Crippen molar-refractivity contribution in [1.82, 2.24) is 0 Å². The Balaban J connectivity index is 1.39. The van der Waals surface area contributed by atoms with Crippen LogP contribution in [-0.2, 0) is 16.2 Å². The molecular formula is C36H34F5NO3. The Hall–Kier alpha value is -3.77. The first-order chi connectivity index (χ1) is 21.3. The molecule has 9 heteroatoms. The van der Waals surface area contributed by atoms with Crippen molar-refractivity contribution in [3.05, 3.63) is 94.1 Å². The molecule has 1 N–H and O–H groups in total. The Kier molecular flexibility index (Phi) is 7.80. The molecule has 4 nitrogen and oxygen atoms in total. The number of nitrogens with zero attached hydrogens (tertiary/aromatic N) is 1. The van der Waals surface area contributed by atoms with Crippen LogP contribution in [0.1, 0.15) is 74.5 Å². The third kappa shape index (κ3) is 5.02. The molecule has 2 aromatic rings. The minimum atomic E-state index is -5.89. The lowest BCUT2D eigenvalue weighted by molar-refractivity contribution is -0.362. The van der Waals surface area contributed by atoms with E-state index in [-0.39, 0.29) is 36.9 Å². The van der Waals surface area contributed by atoms with Gasteiger partial charge in [0, 0.05) is 23.3 Å². The van der Waals surface area contributed by atoms with Crippen molar-refractivity contribution in [2.24, 2.45) is 22.4 Å². The molecule has 0 saturated heterocycles. The van der Waals surface area contributed by atoms with Gasteiger partial charge in [0.2, 0.25) is 0 Å². The Bertz CT molecular complexity index is 1620. The minimum absolute atomic E-state index is 0.0324. The third-order valence-corrected chi connectivity index (χ3v) is 10.7. The molecule has 0 radical (unpaired) electrons. The molecule has 5 atom stereocenters. The van der Waals surface area contributed by atoms with Crippen molar-refractivity contribution in [3.8, 4) is 12.3 Å². The molecule has 6 rings (SSSR count). The number of terminal acetylenes is 1. The molecule has 45 heavy (non-hydrogen) atoms. The van der Waals surface area contributed by atoms with Crippen LogP contribution in [-0.4, -0.2) is 34.3 Å². The molecule has 4 aliphatic rings. The van der Waals surface area contributed by atoms with Gasteiger partial charge in [-0.1, -0.05) is 72.2 Å². The summed E-state index contributed by atoms with van der Waals surface area (Å²) < 4.78 is 71.9. The van der Waals surface area contributed by atoms with Crippen LogP contribution in [0.25, 0.3) is 0 Å². The molecule has 0 unspecified atom stereocenters. The number of ketones is 1. The fourth-order valence-electron chi connectivity index (χ4n) is 8.50. The summed E-state index contributed by atoms with van der Waals surface area (Å²) in [5.74, 6) is -4.11. The van der Waals surface area contributed by atoms with Crippen molar-refractivity contribution in [2.45, 2.75) is 82.1 Å². The summed E-state index contributed by atoms with van der Waals surface area (Å²) >= 11 is 0. The lowest BCUT2D eigenvalue weighted by Crippen LogP contribution is -2.65. The van der Waals surface area contributed by atoms with Gasteiger partial charge in [-0.25, -0.2) is 0 Å². The van der Waals surface area contributed by atoms with Gasteiger partial charge >= 0.3 is 12.1 Å². The number of oxime groups is 1. The summed E-state index contributed by atoms with van der Waals surface area (Å²) in [6.45, 7) is 1.63. The van der Waals surface area contributed by atoms with E-state index in [1.54, 1.807) is 30.3 Å². The summed E-state index contributed by atoms with van der Waals surface area (Å²) in [5, 5.41) is 15.6. The second-order valence-electron chi connectivity index (χ2n) is 12.9. The highest BCUT2D eigenvalue weighted by molar-refractivity contribution is 6.12. The van der Waals surface area contributed by atoms with Crippen LogP contribution in [0.15, 0.2) is 82.5 Å². The fourth-order valence-corrected chi connectivity index (χ4v) is 8.50. The Morgan fingerprint density at radius 3 is 2.42 bits per heavy atom. The van der Waals surface area contributed by atoms with E-state index in [2.05, 4.69) is 11.1 Å². The monoisotopic (exact) mass is 623 g/mol. The van der Waals surface area contributed by atoms with E-state index in [9.17, 15) is 23.1 Å². The van der Waals surface area contributed by atoms with Gasteiger partial charge in [0.15, 0.2) is 11.5 Å². The predicted molar refractivity (Wildman–Crippen MR) is 159 cm³/mol. The third-order valence-electron chi connectivity index (χ3n) is 10.7. The van der Waals surface area contributed by atoms with Crippen LogP contribution >= 0.6 is 0 Å². The first-order valence-corrected chi connectivity index (χ1v) is 15.2. The largest absolute Gasteiger partial charge is 0.456 e. The lowest BCUT2D eigenvalue weighted by atomic mass is 9.50. The van der Waals surface area contributed by atoms with Crippen LogP contribution in [0, 0.1) is 29.6 Å². The maximum atomic E-state index is 15.2. The second-order valence-corrected chi connectivity index (χ2v) is 12.9. The number of carbonyl (C=O) groups is 1. The number of allylic oxidation sites excluding steroid dienone is 4. The SMILES string of the molecule is C#CC(=NOCc1ccccc1)c1ccc([C@H]2C[C@@]3(C)[C@@H](CC[C@@]3(O)C(F)(F)C(F)(F)F)[C@@H]3CCC4=CC(=O)CCC4=C32)cc1. The average Bonchev–Trinajstić information content (AvgIpc) is 3.30. The molecule has 2 aromatic carbocycles. The van der Waals surface area contributed by atoms with Gasteiger partial charge in [-0.15, -0.1) is 6.42 Å². The van der Waals surface area contributed by atoms with E-state index >= 15 is 8.78 Å². The number of aliphatic hydroxyl groups is 1. The van der Waals surface area contributed by atoms with Crippen LogP contribution in [0.3, 0.4) is 0 Å². The van der Waals surface area contributed by atoms with Crippen molar-refractivity contribution >= 4 is 11.5 Å². The van der Waals surface area contributed by atoms with Crippen molar-refractivity contribution in [3.63, 3.8) is 0 Å². The molecule has 4 aliphatic carbocycles. The van der Waals surface area contributed by atoms with Crippen molar-refractivity contribution in [1.29, 1.82) is 0 Å². The molecule has 0 aliphatic heterocycles. The van der Waals surface area contributed by atoms with Gasteiger partial charge in [0.05, 0.1) is 0 Å². The van der Waals surface area contributed by atoms with Gasteiger partial charge in [-0.2, -0.15) is 22.0 Å². The van der Waals surface area contributed by atoms with Crippen LogP contribution < -0.4 is 0 Å². The molecule has 0 bridgehead atoms. The summed E-state index contributed by atoms with van der Waals surface area (Å²) in [7, 11) is 0. The van der Waals surface area contributed by atoms with Gasteiger partial charge in [0.1, 0.15) is 12.2 Å². The summed E-state index contributed by atoms with van der Waals surface area (Å²) in [5.41, 5.74) is 0.432. The lowest BCUT2D eigenvalue weighted by Gasteiger charge is -2.56. The summed E-state index contributed by atoms with van der Waals surface area (Å²) in [6.07, 6.45) is 2.72. The van der Waals surface area contributed by atoms with Crippen LogP contribution in [0.2, 0.25) is 0 Å². The number of fused-ring (bicyclic) bond motifs is 4. The van der Waals surface area contributed by atoms with Gasteiger partial charge in [-0.3, -0.25) is 4.79 Å². The van der Waals surface area contributed by atoms with Gasteiger partial charge in [0.25, 0.3) is 0 Å². The summed E-state index contributed by atoms with van der Waals surface area (Å²) in [6, 6.07) is 16.5. The van der Waals surface area contributed by atoms with E-state index in [0.29, 0.717) is 31.2 Å². The number of halogens is 5. The molecule has 236 valence electrons. The molecule has 0 amide bonds. The van der Waals surface area contributed by atoms with E-state index in [1.165, 1.54) is 6.92 Å². The van der Waals surface area contributed by atoms with Gasteiger partial charge < -0.3 is 9.94 Å². The van der Waals surface area contributed by atoms with E-state index in [0.717, 1.165) is 27.8 Å². The quantitative estimate of drug-likeness (QED) is 0.153. The minimum Gasteiger partial charge on any atom is -0.390 e. The standard InChI is InChI=1S/C36H34F5NO3/c1-3-31(42-45-21-22-7-5-4-6-8-22)24-11-9-23(10-12-24)29-20-33(2)30(17-18-34(33,44)35(37,38)36(39,40)41)28-15-13-25-19-26(43)14-16-27(25)32(28)29/h1,4-12,19,28-30,44H,13-18,20-21H2,2H3/t28-,29+,30-,33-,34-/m0/s1. The van der Waals surface area contributed by atoms with E-state index in [4.69, 9.17) is 11.3 Å². The second kappa shape index (κ2) is 11.2. The highest BCUT2D eigenvalue weighted by atomic mass is 19.4. The highest BCUT2D eigenvalue weighted by Crippen LogP contribution is 2.70. The fraction of sp³-hybridized carbons (Fsp3) is 0.444. The first kappa shape index (κ1) is 31.2. The van der Waals surface area contributed by atoms with Crippen LogP contribution in [0.5, 0.6) is 0 Å². The predicted octanol–water partition coefficient (Wildman–Crippen LogP) is 8.07. The zero-order valence-electron chi connectivity index (χ0n) is 24.8. The zero-order valence-corrected chi connectivity index (χ0v) is 24.8. The number of benzene rings is 2. The number of carbonyl (C=O) groups excluding carboxylic acids is 1. The average molecular weight is 624 g/mol. The number of hydrogen-bond acceptors (Lipinski definition) is 4. The van der Waals surface area contributed by atoms with Crippen LogP contribution in [0.4, 0.5) is 22.0 Å². The van der Waals surface area contributed by atoms with Crippen molar-refractivity contribution < 1.29 is 36.7 Å².